The van der Waals surface area contributed by atoms with Crippen molar-refractivity contribution in [2.24, 2.45) is 5.84 Å². The van der Waals surface area contributed by atoms with E-state index in [0.717, 1.165) is 5.56 Å². The molecule has 112 valence electrons. The number of nitrogens with one attached hydrogen (secondary N) is 1. The number of hydrazine groups is 1. The van der Waals surface area contributed by atoms with Crippen molar-refractivity contribution in [1.82, 2.24) is 9.97 Å². The van der Waals surface area contributed by atoms with Crippen molar-refractivity contribution in [3.63, 3.8) is 0 Å². The van der Waals surface area contributed by atoms with Crippen molar-refractivity contribution in [2.75, 3.05) is 5.43 Å². The number of halogens is 4. The van der Waals surface area contributed by atoms with E-state index in [1.165, 1.54) is 0 Å². The maximum absolute atomic E-state index is 12.7. The average molecular weight is 319 g/mol. The Hall–Kier alpha value is -2.06. The number of hydrogen-bond donors (Lipinski definition) is 2. The van der Waals surface area contributed by atoms with Crippen LogP contribution < -0.4 is 16.0 Å². The molecule has 2 aromatic rings. The van der Waals surface area contributed by atoms with Gasteiger partial charge in [0.25, 0.3) is 0 Å². The van der Waals surface area contributed by atoms with E-state index in [0.29, 0.717) is 6.07 Å². The standard InChI is InChI=1S/C12H10ClF3N4O/c1-6-2-3-7(13)8(4-6)21-10-5-9(12(14,15)16)18-11(19-10)20-17/h2-5H,17H2,1H3,(H,18,19,20). The van der Waals surface area contributed by atoms with E-state index in [2.05, 4.69) is 9.97 Å². The van der Waals surface area contributed by atoms with Gasteiger partial charge in [-0.1, -0.05) is 17.7 Å². The van der Waals surface area contributed by atoms with Crippen molar-refractivity contribution in [2.45, 2.75) is 13.1 Å². The fourth-order valence-corrected chi connectivity index (χ4v) is 1.64. The molecule has 1 heterocycles. The van der Waals surface area contributed by atoms with Gasteiger partial charge in [0.05, 0.1) is 5.02 Å². The lowest BCUT2D eigenvalue weighted by Crippen LogP contribution is -2.15. The van der Waals surface area contributed by atoms with Crippen LogP contribution in [-0.2, 0) is 6.18 Å². The summed E-state index contributed by atoms with van der Waals surface area (Å²) in [6.07, 6.45) is -4.65. The normalized spacial score (nSPS) is 11.3. The second-order valence-electron chi connectivity index (χ2n) is 4.09. The van der Waals surface area contributed by atoms with E-state index in [-0.39, 0.29) is 16.7 Å². The third-order valence-electron chi connectivity index (χ3n) is 2.42. The van der Waals surface area contributed by atoms with E-state index >= 15 is 0 Å². The van der Waals surface area contributed by atoms with Crippen molar-refractivity contribution >= 4 is 17.5 Å². The molecular formula is C12H10ClF3N4O. The molecule has 2 rings (SSSR count). The van der Waals surface area contributed by atoms with E-state index in [1.807, 2.05) is 5.43 Å². The zero-order valence-corrected chi connectivity index (χ0v) is 11.5. The second-order valence-corrected chi connectivity index (χ2v) is 4.50. The van der Waals surface area contributed by atoms with Crippen LogP contribution in [0.3, 0.4) is 0 Å². The first-order valence-corrected chi connectivity index (χ1v) is 6.04. The monoisotopic (exact) mass is 318 g/mol. The molecule has 0 fully saturated rings. The van der Waals surface area contributed by atoms with Crippen molar-refractivity contribution in [1.29, 1.82) is 0 Å². The third kappa shape index (κ3) is 3.73. The highest BCUT2D eigenvalue weighted by atomic mass is 35.5. The number of nitrogens with two attached hydrogens (primary N) is 1. The fraction of sp³-hybridized carbons (Fsp3) is 0.167. The Morgan fingerprint density at radius 1 is 1.24 bits per heavy atom. The van der Waals surface area contributed by atoms with Gasteiger partial charge in [-0.3, -0.25) is 5.43 Å². The number of nitrogen functional groups attached to an aromatic ring is 1. The average Bonchev–Trinajstić information content (AvgIpc) is 2.41. The molecule has 0 spiro atoms. The molecule has 0 amide bonds. The fourth-order valence-electron chi connectivity index (χ4n) is 1.49. The predicted octanol–water partition coefficient (Wildman–Crippen LogP) is 3.54. The minimum atomic E-state index is -4.65. The minimum absolute atomic E-state index is 0.187. The largest absolute Gasteiger partial charge is 0.437 e. The van der Waals surface area contributed by atoms with Gasteiger partial charge < -0.3 is 4.74 Å². The van der Waals surface area contributed by atoms with Gasteiger partial charge in [0.15, 0.2) is 5.69 Å². The number of ether oxygens (including phenoxy) is 1. The van der Waals surface area contributed by atoms with Crippen LogP contribution in [0.1, 0.15) is 11.3 Å². The molecule has 0 radical (unpaired) electrons. The van der Waals surface area contributed by atoms with Gasteiger partial charge in [0, 0.05) is 6.07 Å². The molecule has 0 saturated heterocycles. The highest BCUT2D eigenvalue weighted by Gasteiger charge is 2.34. The van der Waals surface area contributed by atoms with E-state index in [9.17, 15) is 13.2 Å². The molecule has 0 unspecified atom stereocenters. The zero-order chi connectivity index (χ0) is 15.6. The highest BCUT2D eigenvalue weighted by molar-refractivity contribution is 6.32. The number of nitrogens with zero attached hydrogens (tertiary/aromatic N) is 2. The SMILES string of the molecule is Cc1ccc(Cl)c(Oc2cc(C(F)(F)F)nc(NN)n2)c1. The van der Waals surface area contributed by atoms with Crippen LogP contribution in [0.5, 0.6) is 11.6 Å². The molecular weight excluding hydrogens is 309 g/mol. The smallest absolute Gasteiger partial charge is 0.433 e. The Bertz CT molecular complexity index is 663. The maximum Gasteiger partial charge on any atom is 0.433 e. The van der Waals surface area contributed by atoms with Crippen LogP contribution in [0.2, 0.25) is 5.02 Å². The van der Waals surface area contributed by atoms with Crippen LogP contribution in [0.25, 0.3) is 0 Å². The number of anilines is 1. The first kappa shape index (κ1) is 15.3. The van der Waals surface area contributed by atoms with E-state index < -0.39 is 17.8 Å². The number of benzene rings is 1. The van der Waals surface area contributed by atoms with Crippen molar-refractivity contribution < 1.29 is 17.9 Å². The number of hydrogen-bond acceptors (Lipinski definition) is 5. The third-order valence-corrected chi connectivity index (χ3v) is 2.74. The topological polar surface area (TPSA) is 73.1 Å². The Morgan fingerprint density at radius 2 is 1.95 bits per heavy atom. The Kier molecular flexibility index (Phi) is 4.19. The van der Waals surface area contributed by atoms with Crippen LogP contribution in [0.4, 0.5) is 19.1 Å². The summed E-state index contributed by atoms with van der Waals surface area (Å²) in [5.74, 6) is 4.51. The lowest BCUT2D eigenvalue weighted by atomic mass is 10.2. The minimum Gasteiger partial charge on any atom is -0.437 e. The molecule has 0 bridgehead atoms. The Balaban J connectivity index is 2.42. The van der Waals surface area contributed by atoms with Crippen molar-refractivity contribution in [3.8, 4) is 11.6 Å². The first-order valence-electron chi connectivity index (χ1n) is 5.66. The second kappa shape index (κ2) is 5.74. The molecule has 0 saturated carbocycles. The van der Waals surface area contributed by atoms with Gasteiger partial charge >= 0.3 is 6.18 Å². The summed E-state index contributed by atoms with van der Waals surface area (Å²) >= 11 is 5.92. The van der Waals surface area contributed by atoms with Crippen LogP contribution in [0.15, 0.2) is 24.3 Å². The van der Waals surface area contributed by atoms with Gasteiger partial charge in [-0.15, -0.1) is 0 Å². The van der Waals surface area contributed by atoms with Gasteiger partial charge in [0.2, 0.25) is 11.8 Å². The summed E-state index contributed by atoms with van der Waals surface area (Å²) in [6, 6.07) is 5.55. The summed E-state index contributed by atoms with van der Waals surface area (Å²) in [4.78, 5) is 6.92. The maximum atomic E-state index is 12.7. The van der Waals surface area contributed by atoms with E-state index in [1.54, 1.807) is 25.1 Å². The van der Waals surface area contributed by atoms with Crippen LogP contribution in [-0.4, -0.2) is 9.97 Å². The van der Waals surface area contributed by atoms with Gasteiger partial charge in [-0.05, 0) is 24.6 Å². The van der Waals surface area contributed by atoms with Gasteiger partial charge in [-0.2, -0.15) is 18.2 Å². The highest BCUT2D eigenvalue weighted by Crippen LogP contribution is 2.33. The first-order chi connectivity index (χ1) is 9.79. The van der Waals surface area contributed by atoms with E-state index in [4.69, 9.17) is 22.2 Å². The number of aromatic nitrogens is 2. The van der Waals surface area contributed by atoms with Gasteiger partial charge in [-0.25, -0.2) is 10.8 Å². The zero-order valence-electron chi connectivity index (χ0n) is 10.7. The van der Waals surface area contributed by atoms with Crippen LogP contribution >= 0.6 is 11.6 Å². The van der Waals surface area contributed by atoms with Crippen molar-refractivity contribution in [3.05, 3.63) is 40.5 Å². The molecule has 3 N–H and O–H groups in total. The molecule has 1 aromatic carbocycles. The summed E-state index contributed by atoms with van der Waals surface area (Å²) in [5, 5.41) is 0.245. The number of rotatable bonds is 3. The van der Waals surface area contributed by atoms with Gasteiger partial charge in [0.1, 0.15) is 5.75 Å². The summed E-state index contributed by atoms with van der Waals surface area (Å²) in [7, 11) is 0. The lowest BCUT2D eigenvalue weighted by Gasteiger charge is -2.11. The number of aryl methyl sites for hydroxylation is 1. The molecule has 9 heteroatoms. The molecule has 0 atom stereocenters. The predicted molar refractivity (Wildman–Crippen MR) is 71.1 cm³/mol. The molecule has 0 aliphatic rings. The summed E-state index contributed by atoms with van der Waals surface area (Å²) in [5.41, 5.74) is 1.61. The quantitative estimate of drug-likeness (QED) is 0.669. The Morgan fingerprint density at radius 3 is 2.57 bits per heavy atom. The molecule has 1 aromatic heterocycles. The summed E-state index contributed by atoms with van der Waals surface area (Å²) < 4.78 is 43.5. The number of alkyl halides is 3. The molecule has 0 aliphatic heterocycles. The molecule has 21 heavy (non-hydrogen) atoms. The Labute approximate surface area is 122 Å². The summed E-state index contributed by atoms with van der Waals surface area (Å²) in [6.45, 7) is 1.79. The molecule has 0 aliphatic carbocycles. The van der Waals surface area contributed by atoms with Crippen LogP contribution in [0, 0.1) is 6.92 Å². The lowest BCUT2D eigenvalue weighted by molar-refractivity contribution is -0.141. The molecule has 5 nitrogen and oxygen atoms in total.